The standard InChI is InChI=1S/C18H32N4O2.ClH/c1-15-13-16(5-6-19-15)18(24)22-11-9-20(10-12-22)14-17(23)21-7-3-2-4-8-21;/h15-16,19H,2-14H2,1H3;1H/t15-,16-;/m0./s1. The smallest absolute Gasteiger partial charge is 0.236 e. The molecule has 7 heteroatoms. The van der Waals surface area contributed by atoms with Gasteiger partial charge in [-0.1, -0.05) is 0 Å². The van der Waals surface area contributed by atoms with Gasteiger partial charge in [0.05, 0.1) is 6.54 Å². The quantitative estimate of drug-likeness (QED) is 0.801. The van der Waals surface area contributed by atoms with E-state index in [0.717, 1.165) is 71.5 Å². The summed E-state index contributed by atoms with van der Waals surface area (Å²) in [5, 5.41) is 3.41. The topological polar surface area (TPSA) is 55.9 Å². The summed E-state index contributed by atoms with van der Waals surface area (Å²) in [5.41, 5.74) is 0. The fraction of sp³-hybridized carbons (Fsp3) is 0.889. The van der Waals surface area contributed by atoms with E-state index in [1.165, 1.54) is 6.42 Å². The Morgan fingerprint density at radius 1 is 0.960 bits per heavy atom. The van der Waals surface area contributed by atoms with Crippen molar-refractivity contribution in [2.24, 2.45) is 5.92 Å². The van der Waals surface area contributed by atoms with Crippen LogP contribution in [0.3, 0.4) is 0 Å². The van der Waals surface area contributed by atoms with Crippen molar-refractivity contribution in [3.8, 4) is 0 Å². The van der Waals surface area contributed by atoms with Crippen molar-refractivity contribution in [3.63, 3.8) is 0 Å². The first-order valence-corrected chi connectivity index (χ1v) is 9.66. The maximum Gasteiger partial charge on any atom is 0.236 e. The van der Waals surface area contributed by atoms with Crippen molar-refractivity contribution < 1.29 is 9.59 Å². The summed E-state index contributed by atoms with van der Waals surface area (Å²) in [6.45, 7) is 8.65. The Labute approximate surface area is 157 Å². The number of piperazine rings is 1. The van der Waals surface area contributed by atoms with Crippen LogP contribution in [-0.2, 0) is 9.59 Å². The van der Waals surface area contributed by atoms with Crippen molar-refractivity contribution in [1.82, 2.24) is 20.0 Å². The first kappa shape index (κ1) is 20.5. The highest BCUT2D eigenvalue weighted by Gasteiger charge is 2.31. The fourth-order valence-corrected chi connectivity index (χ4v) is 4.18. The van der Waals surface area contributed by atoms with Gasteiger partial charge in [-0.25, -0.2) is 0 Å². The number of nitrogens with one attached hydrogen (secondary N) is 1. The number of nitrogens with zero attached hydrogens (tertiary/aromatic N) is 3. The third-order valence-electron chi connectivity index (χ3n) is 5.72. The van der Waals surface area contributed by atoms with Gasteiger partial charge in [0.15, 0.2) is 0 Å². The highest BCUT2D eigenvalue weighted by atomic mass is 35.5. The minimum atomic E-state index is 0. The average molecular weight is 373 g/mol. The van der Waals surface area contributed by atoms with Gasteiger partial charge in [-0.3, -0.25) is 14.5 Å². The fourth-order valence-electron chi connectivity index (χ4n) is 4.18. The highest BCUT2D eigenvalue weighted by Crippen LogP contribution is 2.20. The van der Waals surface area contributed by atoms with Gasteiger partial charge in [-0.15, -0.1) is 12.4 Å². The molecule has 0 aromatic rings. The molecule has 3 aliphatic rings. The summed E-state index contributed by atoms with van der Waals surface area (Å²) in [4.78, 5) is 31.3. The normalized spacial score (nSPS) is 28.4. The van der Waals surface area contributed by atoms with E-state index in [4.69, 9.17) is 0 Å². The van der Waals surface area contributed by atoms with Crippen LogP contribution in [0.2, 0.25) is 0 Å². The Hall–Kier alpha value is -0.850. The molecule has 3 fully saturated rings. The molecule has 0 bridgehead atoms. The van der Waals surface area contributed by atoms with Crippen molar-refractivity contribution >= 4 is 24.2 Å². The number of hydrogen-bond donors (Lipinski definition) is 1. The average Bonchev–Trinajstić information content (AvgIpc) is 2.62. The predicted molar refractivity (Wildman–Crippen MR) is 101 cm³/mol. The van der Waals surface area contributed by atoms with E-state index in [9.17, 15) is 9.59 Å². The molecular formula is C18H33ClN4O2. The van der Waals surface area contributed by atoms with E-state index in [0.29, 0.717) is 18.5 Å². The van der Waals surface area contributed by atoms with Crippen LogP contribution in [0, 0.1) is 5.92 Å². The summed E-state index contributed by atoms with van der Waals surface area (Å²) >= 11 is 0. The lowest BCUT2D eigenvalue weighted by Gasteiger charge is -2.38. The number of piperidine rings is 2. The second-order valence-corrected chi connectivity index (χ2v) is 7.62. The molecule has 0 saturated carbocycles. The van der Waals surface area contributed by atoms with Crippen LogP contribution in [-0.4, -0.2) is 84.9 Å². The van der Waals surface area contributed by atoms with Crippen molar-refractivity contribution in [3.05, 3.63) is 0 Å². The van der Waals surface area contributed by atoms with Crippen molar-refractivity contribution in [2.75, 3.05) is 52.4 Å². The lowest BCUT2D eigenvalue weighted by atomic mass is 9.92. The van der Waals surface area contributed by atoms with Crippen LogP contribution in [0.1, 0.15) is 39.0 Å². The van der Waals surface area contributed by atoms with E-state index in [-0.39, 0.29) is 24.2 Å². The molecule has 6 nitrogen and oxygen atoms in total. The molecule has 3 aliphatic heterocycles. The van der Waals surface area contributed by atoms with Gasteiger partial charge < -0.3 is 15.1 Å². The Morgan fingerprint density at radius 3 is 2.28 bits per heavy atom. The van der Waals surface area contributed by atoms with Gasteiger partial charge in [0, 0.05) is 51.2 Å². The summed E-state index contributed by atoms with van der Waals surface area (Å²) in [6.07, 6.45) is 5.44. The third-order valence-corrected chi connectivity index (χ3v) is 5.72. The van der Waals surface area contributed by atoms with E-state index < -0.39 is 0 Å². The first-order chi connectivity index (χ1) is 11.6. The zero-order valence-electron chi connectivity index (χ0n) is 15.4. The van der Waals surface area contributed by atoms with Crippen LogP contribution in [0.15, 0.2) is 0 Å². The largest absolute Gasteiger partial charge is 0.342 e. The SMILES string of the molecule is C[C@H]1C[C@@H](C(=O)N2CCN(CC(=O)N3CCCCC3)CC2)CCN1.Cl. The summed E-state index contributed by atoms with van der Waals surface area (Å²) < 4.78 is 0. The van der Waals surface area contributed by atoms with Crippen LogP contribution in [0.4, 0.5) is 0 Å². The van der Waals surface area contributed by atoms with Gasteiger partial charge in [-0.05, 0) is 45.6 Å². The summed E-state index contributed by atoms with van der Waals surface area (Å²) in [5.74, 6) is 0.773. The zero-order chi connectivity index (χ0) is 16.9. The third kappa shape index (κ3) is 5.56. The maximum absolute atomic E-state index is 12.7. The number of halogens is 1. The number of carbonyl (C=O) groups is 2. The van der Waals surface area contributed by atoms with Crippen LogP contribution >= 0.6 is 12.4 Å². The first-order valence-electron chi connectivity index (χ1n) is 9.66. The minimum Gasteiger partial charge on any atom is -0.342 e. The van der Waals surface area contributed by atoms with Gasteiger partial charge in [-0.2, -0.15) is 0 Å². The van der Waals surface area contributed by atoms with Crippen LogP contribution in [0.25, 0.3) is 0 Å². The Bertz CT molecular complexity index is 448. The molecule has 0 spiro atoms. The lowest BCUT2D eigenvalue weighted by Crippen LogP contribution is -2.54. The number of likely N-dealkylation sites (tertiary alicyclic amines) is 1. The monoisotopic (exact) mass is 372 g/mol. The van der Waals surface area contributed by atoms with E-state index in [1.807, 2.05) is 9.80 Å². The van der Waals surface area contributed by atoms with Crippen LogP contribution < -0.4 is 5.32 Å². The molecule has 3 heterocycles. The van der Waals surface area contributed by atoms with E-state index >= 15 is 0 Å². The van der Waals surface area contributed by atoms with Crippen molar-refractivity contribution in [2.45, 2.75) is 45.1 Å². The van der Waals surface area contributed by atoms with Gasteiger partial charge in [0.25, 0.3) is 0 Å². The molecule has 1 N–H and O–H groups in total. The highest BCUT2D eigenvalue weighted by molar-refractivity contribution is 5.85. The predicted octanol–water partition coefficient (Wildman–Crippen LogP) is 0.953. The number of hydrogen-bond acceptors (Lipinski definition) is 4. The summed E-state index contributed by atoms with van der Waals surface area (Å²) in [6, 6.07) is 0.441. The molecule has 0 aliphatic carbocycles. The molecule has 3 rings (SSSR count). The zero-order valence-corrected chi connectivity index (χ0v) is 16.2. The van der Waals surface area contributed by atoms with E-state index in [1.54, 1.807) is 0 Å². The number of amides is 2. The Kier molecular flexibility index (Phi) is 7.97. The molecule has 0 aromatic carbocycles. The molecule has 2 atom stereocenters. The second kappa shape index (κ2) is 9.74. The minimum absolute atomic E-state index is 0. The van der Waals surface area contributed by atoms with Gasteiger partial charge in [0.1, 0.15) is 0 Å². The molecule has 144 valence electrons. The number of rotatable bonds is 3. The molecule has 3 saturated heterocycles. The molecule has 2 amide bonds. The van der Waals surface area contributed by atoms with Crippen molar-refractivity contribution in [1.29, 1.82) is 0 Å². The molecule has 25 heavy (non-hydrogen) atoms. The van der Waals surface area contributed by atoms with Crippen LogP contribution in [0.5, 0.6) is 0 Å². The molecule has 0 unspecified atom stereocenters. The summed E-state index contributed by atoms with van der Waals surface area (Å²) in [7, 11) is 0. The van der Waals surface area contributed by atoms with Gasteiger partial charge >= 0.3 is 0 Å². The lowest BCUT2D eigenvalue weighted by molar-refractivity contribution is -0.139. The maximum atomic E-state index is 12.7. The molecular weight excluding hydrogens is 340 g/mol. The Morgan fingerprint density at radius 2 is 1.64 bits per heavy atom. The molecule has 0 radical (unpaired) electrons. The molecule has 0 aromatic heterocycles. The van der Waals surface area contributed by atoms with E-state index in [2.05, 4.69) is 17.1 Å². The Balaban J connectivity index is 0.00000225. The van der Waals surface area contributed by atoms with Gasteiger partial charge in [0.2, 0.25) is 11.8 Å². The second-order valence-electron chi connectivity index (χ2n) is 7.62. The number of carbonyl (C=O) groups excluding carboxylic acids is 2.